The summed E-state index contributed by atoms with van der Waals surface area (Å²) in [5.41, 5.74) is 1.86. The van der Waals surface area contributed by atoms with E-state index in [1.165, 1.54) is 26.4 Å². The zero-order valence-electron chi connectivity index (χ0n) is 20.0. The van der Waals surface area contributed by atoms with Crippen LogP contribution >= 0.6 is 0 Å². The number of amides is 1. The van der Waals surface area contributed by atoms with E-state index in [2.05, 4.69) is 10.0 Å². The fraction of sp³-hybridized carbons (Fsp3) is 0.269. The monoisotopic (exact) mass is 498 g/mol. The molecule has 0 bridgehead atoms. The highest BCUT2D eigenvalue weighted by Crippen LogP contribution is 2.29. The smallest absolute Gasteiger partial charge is 0.265 e. The number of unbranched alkanes of at least 4 members (excludes halogenated alkanes) is 1. The van der Waals surface area contributed by atoms with Gasteiger partial charge in [0.1, 0.15) is 22.1 Å². The summed E-state index contributed by atoms with van der Waals surface area (Å²) in [6, 6.07) is 18.8. The van der Waals surface area contributed by atoms with Crippen LogP contribution in [0.15, 0.2) is 71.6 Å². The van der Waals surface area contributed by atoms with Crippen molar-refractivity contribution in [3.63, 3.8) is 0 Å². The minimum Gasteiger partial charge on any atom is -0.497 e. The number of hydrogen-bond donors (Lipinski definition) is 2. The van der Waals surface area contributed by atoms with Crippen LogP contribution in [0.1, 0.15) is 24.8 Å². The molecule has 1 amide bonds. The maximum absolute atomic E-state index is 13.0. The van der Waals surface area contributed by atoms with E-state index in [0.717, 1.165) is 17.7 Å². The zero-order chi connectivity index (χ0) is 25.3. The topological polar surface area (TPSA) is 103 Å². The van der Waals surface area contributed by atoms with E-state index >= 15 is 0 Å². The molecule has 9 heteroatoms. The van der Waals surface area contributed by atoms with Crippen molar-refractivity contribution in [1.29, 1.82) is 0 Å². The standard InChI is InChI=1S/C26H30N2O6S/c1-19-7-6-8-23(17-19)34-16-5-4-9-26(29)27-21-12-15-24(33-3)25(18-21)35(30,31)28-20-10-13-22(32-2)14-11-20/h6-8,10-15,17-18,28H,4-5,9,16H2,1-3H3,(H,27,29). The van der Waals surface area contributed by atoms with Crippen LogP contribution < -0.4 is 24.2 Å². The largest absolute Gasteiger partial charge is 0.497 e. The molecular formula is C26H30N2O6S. The second kappa shape index (κ2) is 12.1. The number of sulfonamides is 1. The first kappa shape index (κ1) is 25.9. The molecule has 8 nitrogen and oxygen atoms in total. The molecule has 0 saturated heterocycles. The Morgan fingerprint density at radius 1 is 0.857 bits per heavy atom. The van der Waals surface area contributed by atoms with Crippen molar-refractivity contribution < 1.29 is 27.4 Å². The third-order valence-corrected chi connectivity index (χ3v) is 6.54. The van der Waals surface area contributed by atoms with Crippen LogP contribution in [-0.4, -0.2) is 35.2 Å². The molecule has 3 aromatic carbocycles. The molecule has 0 aliphatic rings. The van der Waals surface area contributed by atoms with Crippen LogP contribution in [0.3, 0.4) is 0 Å². The van der Waals surface area contributed by atoms with Gasteiger partial charge in [0.25, 0.3) is 10.0 Å². The van der Waals surface area contributed by atoms with Gasteiger partial charge >= 0.3 is 0 Å². The van der Waals surface area contributed by atoms with E-state index < -0.39 is 10.0 Å². The van der Waals surface area contributed by atoms with Crippen LogP contribution in [0.2, 0.25) is 0 Å². The normalized spacial score (nSPS) is 10.9. The zero-order valence-corrected chi connectivity index (χ0v) is 20.9. The fourth-order valence-corrected chi connectivity index (χ4v) is 4.59. The molecule has 186 valence electrons. The molecule has 0 radical (unpaired) electrons. The summed E-state index contributed by atoms with van der Waals surface area (Å²) in [7, 11) is -1.05. The maximum atomic E-state index is 13.0. The van der Waals surface area contributed by atoms with Gasteiger partial charge in [0.2, 0.25) is 5.91 Å². The number of anilines is 2. The highest BCUT2D eigenvalue weighted by atomic mass is 32.2. The van der Waals surface area contributed by atoms with E-state index in [1.54, 1.807) is 30.3 Å². The number of benzene rings is 3. The molecule has 2 N–H and O–H groups in total. The van der Waals surface area contributed by atoms with E-state index in [0.29, 0.717) is 30.2 Å². The van der Waals surface area contributed by atoms with Gasteiger partial charge in [-0.3, -0.25) is 9.52 Å². The van der Waals surface area contributed by atoms with Crippen molar-refractivity contribution in [3.05, 3.63) is 72.3 Å². The highest BCUT2D eigenvalue weighted by molar-refractivity contribution is 7.92. The number of aryl methyl sites for hydroxylation is 1. The Morgan fingerprint density at radius 3 is 2.29 bits per heavy atom. The molecule has 0 spiro atoms. The lowest BCUT2D eigenvalue weighted by atomic mass is 10.2. The first-order valence-electron chi connectivity index (χ1n) is 11.1. The molecule has 3 rings (SSSR count). The summed E-state index contributed by atoms with van der Waals surface area (Å²) >= 11 is 0. The highest BCUT2D eigenvalue weighted by Gasteiger charge is 2.21. The first-order chi connectivity index (χ1) is 16.8. The molecule has 0 atom stereocenters. The van der Waals surface area contributed by atoms with Gasteiger partial charge in [0.05, 0.1) is 20.8 Å². The first-order valence-corrected chi connectivity index (χ1v) is 12.6. The second-order valence-corrected chi connectivity index (χ2v) is 9.52. The van der Waals surface area contributed by atoms with Crippen LogP contribution in [0.4, 0.5) is 11.4 Å². The van der Waals surface area contributed by atoms with Gasteiger partial charge in [-0.1, -0.05) is 12.1 Å². The van der Waals surface area contributed by atoms with E-state index in [9.17, 15) is 13.2 Å². The molecule has 0 saturated carbocycles. The van der Waals surface area contributed by atoms with Crippen molar-refractivity contribution >= 4 is 27.3 Å². The SMILES string of the molecule is COc1ccc(NS(=O)(=O)c2cc(NC(=O)CCCCOc3cccc(C)c3)ccc2OC)cc1. The van der Waals surface area contributed by atoms with Gasteiger partial charge in [-0.25, -0.2) is 8.42 Å². The van der Waals surface area contributed by atoms with Gasteiger partial charge in [0, 0.05) is 17.8 Å². The number of rotatable bonds is 12. The van der Waals surface area contributed by atoms with E-state index in [4.69, 9.17) is 14.2 Å². The fourth-order valence-electron chi connectivity index (χ4n) is 3.34. The van der Waals surface area contributed by atoms with Gasteiger partial charge in [-0.2, -0.15) is 0 Å². The molecule has 0 aliphatic carbocycles. The van der Waals surface area contributed by atoms with Crippen molar-refractivity contribution in [1.82, 2.24) is 0 Å². The van der Waals surface area contributed by atoms with Crippen molar-refractivity contribution in [2.24, 2.45) is 0 Å². The van der Waals surface area contributed by atoms with Crippen molar-refractivity contribution in [2.45, 2.75) is 31.1 Å². The number of hydrogen-bond acceptors (Lipinski definition) is 6. The average Bonchev–Trinajstić information content (AvgIpc) is 2.84. The summed E-state index contributed by atoms with van der Waals surface area (Å²) in [6.07, 6.45) is 1.64. The molecule has 0 aliphatic heterocycles. The summed E-state index contributed by atoms with van der Waals surface area (Å²) in [4.78, 5) is 12.3. The lowest BCUT2D eigenvalue weighted by Gasteiger charge is -2.14. The number of ether oxygens (including phenoxy) is 3. The Hall–Kier alpha value is -3.72. The third-order valence-electron chi connectivity index (χ3n) is 5.14. The summed E-state index contributed by atoms with van der Waals surface area (Å²) in [6.45, 7) is 2.51. The molecule has 0 aromatic heterocycles. The third kappa shape index (κ3) is 7.65. The van der Waals surface area contributed by atoms with E-state index in [1.807, 2.05) is 31.2 Å². The minimum atomic E-state index is -3.97. The summed E-state index contributed by atoms with van der Waals surface area (Å²) in [5.74, 6) is 1.37. The van der Waals surface area contributed by atoms with Crippen molar-refractivity contribution in [3.8, 4) is 17.2 Å². The predicted molar refractivity (Wildman–Crippen MR) is 136 cm³/mol. The predicted octanol–water partition coefficient (Wildman–Crippen LogP) is 5.00. The van der Waals surface area contributed by atoms with Crippen LogP contribution in [0, 0.1) is 6.92 Å². The quantitative estimate of drug-likeness (QED) is 0.341. The Morgan fingerprint density at radius 2 is 1.60 bits per heavy atom. The second-order valence-electron chi connectivity index (χ2n) is 7.87. The molecular weight excluding hydrogens is 468 g/mol. The van der Waals surface area contributed by atoms with Gasteiger partial charge in [0.15, 0.2) is 0 Å². The van der Waals surface area contributed by atoms with Gasteiger partial charge in [-0.05, 0) is 79.9 Å². The molecule has 0 fully saturated rings. The lowest BCUT2D eigenvalue weighted by Crippen LogP contribution is -2.16. The number of nitrogens with one attached hydrogen (secondary N) is 2. The Kier molecular flexibility index (Phi) is 8.97. The Labute approximate surface area is 206 Å². The number of methoxy groups -OCH3 is 2. The number of carbonyl (C=O) groups is 1. The summed E-state index contributed by atoms with van der Waals surface area (Å²) < 4.78 is 44.6. The molecule has 3 aromatic rings. The molecule has 0 heterocycles. The van der Waals surface area contributed by atoms with Gasteiger partial charge in [-0.15, -0.1) is 0 Å². The van der Waals surface area contributed by atoms with Crippen LogP contribution in [-0.2, 0) is 14.8 Å². The minimum absolute atomic E-state index is 0.0832. The maximum Gasteiger partial charge on any atom is 0.265 e. The van der Waals surface area contributed by atoms with Crippen LogP contribution in [0.5, 0.6) is 17.2 Å². The molecule has 35 heavy (non-hydrogen) atoms. The number of carbonyl (C=O) groups excluding carboxylic acids is 1. The van der Waals surface area contributed by atoms with Gasteiger partial charge < -0.3 is 19.5 Å². The molecule has 0 unspecified atom stereocenters. The lowest BCUT2D eigenvalue weighted by molar-refractivity contribution is -0.116. The Balaban J connectivity index is 1.57. The van der Waals surface area contributed by atoms with Crippen LogP contribution in [0.25, 0.3) is 0 Å². The van der Waals surface area contributed by atoms with E-state index in [-0.39, 0.29) is 23.0 Å². The van der Waals surface area contributed by atoms with Crippen molar-refractivity contribution in [2.75, 3.05) is 30.9 Å². The average molecular weight is 499 g/mol. The Bertz CT molecular complexity index is 1240. The summed E-state index contributed by atoms with van der Waals surface area (Å²) in [5, 5.41) is 2.76.